The predicted molar refractivity (Wildman–Crippen MR) is 79.9 cm³/mol. The highest BCUT2D eigenvalue weighted by atomic mass is 35.5. The fourth-order valence-corrected chi connectivity index (χ4v) is 2.45. The molecule has 0 bridgehead atoms. The molecular weight excluding hydrogens is 277 g/mol. The summed E-state index contributed by atoms with van der Waals surface area (Å²) >= 11 is 6.31. The normalized spacial score (nSPS) is 12.2. The molecule has 2 aromatic carbocycles. The Labute approximate surface area is 123 Å². The molecule has 0 amide bonds. The van der Waals surface area contributed by atoms with Crippen LogP contribution < -0.4 is 10.1 Å². The molecule has 0 radical (unpaired) electrons. The van der Waals surface area contributed by atoms with Gasteiger partial charge in [-0.1, -0.05) is 36.7 Å². The van der Waals surface area contributed by atoms with Crippen LogP contribution in [0.2, 0.25) is 5.02 Å². The van der Waals surface area contributed by atoms with Gasteiger partial charge in [-0.15, -0.1) is 0 Å². The van der Waals surface area contributed by atoms with Crippen LogP contribution >= 0.6 is 11.6 Å². The van der Waals surface area contributed by atoms with E-state index in [0.717, 1.165) is 17.7 Å². The molecule has 2 rings (SSSR count). The van der Waals surface area contributed by atoms with E-state index in [1.165, 1.54) is 12.1 Å². The van der Waals surface area contributed by atoms with Gasteiger partial charge < -0.3 is 10.1 Å². The summed E-state index contributed by atoms with van der Waals surface area (Å²) in [6.07, 6.45) is 0. The highest BCUT2D eigenvalue weighted by molar-refractivity contribution is 6.31. The summed E-state index contributed by atoms with van der Waals surface area (Å²) < 4.78 is 18.6. The quantitative estimate of drug-likeness (QED) is 0.892. The number of hydrogen-bond donors (Lipinski definition) is 1. The SMILES string of the molecule is CCNC(c1cccc(F)c1)c1ccc(OC)cc1Cl. The first kappa shape index (κ1) is 14.8. The first-order valence-corrected chi connectivity index (χ1v) is 6.85. The third-order valence-electron chi connectivity index (χ3n) is 3.11. The summed E-state index contributed by atoms with van der Waals surface area (Å²) in [5, 5.41) is 3.93. The number of nitrogens with one attached hydrogen (secondary N) is 1. The van der Waals surface area contributed by atoms with Gasteiger partial charge in [0.15, 0.2) is 0 Å². The van der Waals surface area contributed by atoms with E-state index in [9.17, 15) is 4.39 Å². The van der Waals surface area contributed by atoms with E-state index in [1.54, 1.807) is 19.2 Å². The van der Waals surface area contributed by atoms with Crippen molar-refractivity contribution in [3.8, 4) is 5.75 Å². The molecule has 1 atom stereocenters. The molecule has 0 heterocycles. The van der Waals surface area contributed by atoms with Gasteiger partial charge in [0.1, 0.15) is 11.6 Å². The number of methoxy groups -OCH3 is 1. The number of ether oxygens (including phenoxy) is 1. The van der Waals surface area contributed by atoms with E-state index in [2.05, 4.69) is 5.32 Å². The first-order chi connectivity index (χ1) is 9.65. The lowest BCUT2D eigenvalue weighted by Crippen LogP contribution is -2.22. The summed E-state index contributed by atoms with van der Waals surface area (Å²) in [5.74, 6) is 0.447. The summed E-state index contributed by atoms with van der Waals surface area (Å²) in [6.45, 7) is 2.76. The Morgan fingerprint density at radius 1 is 1.25 bits per heavy atom. The molecular formula is C16H17ClFNO. The second-order valence-corrected chi connectivity index (χ2v) is 4.84. The van der Waals surface area contributed by atoms with Gasteiger partial charge in [-0.05, 0) is 41.9 Å². The van der Waals surface area contributed by atoms with Crippen LogP contribution in [-0.2, 0) is 0 Å². The Hall–Kier alpha value is -1.58. The lowest BCUT2D eigenvalue weighted by molar-refractivity contribution is 0.414. The van der Waals surface area contributed by atoms with E-state index < -0.39 is 0 Å². The highest BCUT2D eigenvalue weighted by Gasteiger charge is 2.17. The van der Waals surface area contributed by atoms with Crippen LogP contribution in [0.25, 0.3) is 0 Å². The van der Waals surface area contributed by atoms with E-state index in [4.69, 9.17) is 16.3 Å². The Kier molecular flexibility index (Phi) is 4.99. The predicted octanol–water partition coefficient (Wildman–Crippen LogP) is 4.19. The third-order valence-corrected chi connectivity index (χ3v) is 3.44. The molecule has 1 unspecified atom stereocenters. The zero-order chi connectivity index (χ0) is 14.5. The molecule has 0 spiro atoms. The van der Waals surface area contributed by atoms with Crippen LogP contribution in [0, 0.1) is 5.82 Å². The van der Waals surface area contributed by atoms with Gasteiger partial charge in [0.25, 0.3) is 0 Å². The fourth-order valence-electron chi connectivity index (χ4n) is 2.17. The number of halogens is 2. The molecule has 0 aliphatic carbocycles. The van der Waals surface area contributed by atoms with E-state index in [0.29, 0.717) is 10.8 Å². The zero-order valence-corrected chi connectivity index (χ0v) is 12.2. The molecule has 1 N–H and O–H groups in total. The second-order valence-electron chi connectivity index (χ2n) is 4.43. The minimum atomic E-state index is -0.255. The molecule has 2 aromatic rings. The lowest BCUT2D eigenvalue weighted by atomic mass is 9.98. The van der Waals surface area contributed by atoms with Crippen molar-refractivity contribution in [2.24, 2.45) is 0 Å². The van der Waals surface area contributed by atoms with Crippen molar-refractivity contribution in [2.45, 2.75) is 13.0 Å². The molecule has 20 heavy (non-hydrogen) atoms. The maximum absolute atomic E-state index is 13.4. The number of rotatable bonds is 5. The van der Waals surface area contributed by atoms with Crippen LogP contribution in [0.1, 0.15) is 24.1 Å². The van der Waals surface area contributed by atoms with E-state index in [-0.39, 0.29) is 11.9 Å². The van der Waals surface area contributed by atoms with Gasteiger partial charge in [-0.25, -0.2) is 4.39 Å². The summed E-state index contributed by atoms with van der Waals surface area (Å²) in [7, 11) is 1.60. The number of hydrogen-bond acceptors (Lipinski definition) is 2. The molecule has 0 aliphatic rings. The maximum atomic E-state index is 13.4. The van der Waals surface area contributed by atoms with Crippen LogP contribution in [0.4, 0.5) is 4.39 Å². The summed E-state index contributed by atoms with van der Waals surface area (Å²) in [4.78, 5) is 0. The second kappa shape index (κ2) is 6.73. The van der Waals surface area contributed by atoms with Crippen LogP contribution in [0.5, 0.6) is 5.75 Å². The largest absolute Gasteiger partial charge is 0.497 e. The van der Waals surface area contributed by atoms with E-state index >= 15 is 0 Å². The standard InChI is InChI=1S/C16H17ClFNO/c1-3-19-16(11-5-4-6-12(18)9-11)14-8-7-13(20-2)10-15(14)17/h4-10,16,19H,3H2,1-2H3. The summed E-state index contributed by atoms with van der Waals surface area (Å²) in [5.41, 5.74) is 1.75. The smallest absolute Gasteiger partial charge is 0.123 e. The topological polar surface area (TPSA) is 21.3 Å². The third kappa shape index (κ3) is 3.30. The van der Waals surface area contributed by atoms with Crippen molar-refractivity contribution < 1.29 is 9.13 Å². The molecule has 0 fully saturated rings. The Balaban J connectivity index is 2.43. The van der Waals surface area contributed by atoms with Crippen LogP contribution in [-0.4, -0.2) is 13.7 Å². The molecule has 2 nitrogen and oxygen atoms in total. The average Bonchev–Trinajstić information content (AvgIpc) is 2.45. The monoisotopic (exact) mass is 293 g/mol. The molecule has 0 saturated heterocycles. The molecule has 0 aromatic heterocycles. The molecule has 0 aliphatic heterocycles. The van der Waals surface area contributed by atoms with Crippen molar-refractivity contribution >= 4 is 11.6 Å². The van der Waals surface area contributed by atoms with Crippen LogP contribution in [0.3, 0.4) is 0 Å². The van der Waals surface area contributed by atoms with Gasteiger partial charge in [-0.2, -0.15) is 0 Å². The van der Waals surface area contributed by atoms with E-state index in [1.807, 2.05) is 25.1 Å². The minimum absolute atomic E-state index is 0.144. The van der Waals surface area contributed by atoms with Crippen molar-refractivity contribution in [1.82, 2.24) is 5.32 Å². The molecule has 0 saturated carbocycles. The fraction of sp³-hybridized carbons (Fsp3) is 0.250. The summed E-state index contributed by atoms with van der Waals surface area (Å²) in [6, 6.07) is 11.9. The van der Waals surface area contributed by atoms with Gasteiger partial charge in [0.2, 0.25) is 0 Å². The average molecular weight is 294 g/mol. The Morgan fingerprint density at radius 2 is 2.05 bits per heavy atom. The molecule has 106 valence electrons. The minimum Gasteiger partial charge on any atom is -0.497 e. The highest BCUT2D eigenvalue weighted by Crippen LogP contribution is 2.31. The zero-order valence-electron chi connectivity index (χ0n) is 11.5. The number of benzene rings is 2. The van der Waals surface area contributed by atoms with Crippen molar-refractivity contribution in [1.29, 1.82) is 0 Å². The van der Waals surface area contributed by atoms with Gasteiger partial charge in [-0.3, -0.25) is 0 Å². The van der Waals surface area contributed by atoms with Gasteiger partial charge in [0.05, 0.1) is 13.2 Å². The van der Waals surface area contributed by atoms with Crippen molar-refractivity contribution in [3.63, 3.8) is 0 Å². The van der Waals surface area contributed by atoms with Gasteiger partial charge >= 0.3 is 0 Å². The Morgan fingerprint density at radius 3 is 2.65 bits per heavy atom. The molecule has 4 heteroatoms. The van der Waals surface area contributed by atoms with Gasteiger partial charge in [0, 0.05) is 5.02 Å². The lowest BCUT2D eigenvalue weighted by Gasteiger charge is -2.20. The van der Waals surface area contributed by atoms with Crippen molar-refractivity contribution in [2.75, 3.05) is 13.7 Å². The van der Waals surface area contributed by atoms with Crippen molar-refractivity contribution in [3.05, 3.63) is 64.4 Å². The Bertz CT molecular complexity index is 588. The maximum Gasteiger partial charge on any atom is 0.123 e. The van der Waals surface area contributed by atoms with Crippen LogP contribution in [0.15, 0.2) is 42.5 Å². The first-order valence-electron chi connectivity index (χ1n) is 6.48.